The van der Waals surface area contributed by atoms with Crippen molar-refractivity contribution in [1.82, 2.24) is 0 Å². The van der Waals surface area contributed by atoms with E-state index in [0.717, 1.165) is 77.5 Å². The lowest BCUT2D eigenvalue weighted by Gasteiger charge is -2.33. The van der Waals surface area contributed by atoms with Crippen LogP contribution < -0.4 is 31.7 Å². The summed E-state index contributed by atoms with van der Waals surface area (Å²) in [5, 5.41) is 4.34. The van der Waals surface area contributed by atoms with Crippen LogP contribution in [-0.4, -0.2) is 81.3 Å². The molecule has 4 fully saturated rings. The molecule has 294 valence electrons. The number of hydrogen-bond donors (Lipinski definition) is 0. The molecule has 60 heavy (non-hydrogen) atoms. The zero-order chi connectivity index (χ0) is 39.8. The minimum absolute atomic E-state index is 0.371. The minimum Gasteiger partial charge on any atom is -0.405 e. The van der Waals surface area contributed by atoms with E-state index in [4.69, 9.17) is 37.2 Å². The molecule has 14 heteroatoms. The summed E-state index contributed by atoms with van der Waals surface area (Å²) in [6.07, 6.45) is 0. The number of rotatable bonds is 10. The van der Waals surface area contributed by atoms with Crippen molar-refractivity contribution in [2.45, 2.75) is 0 Å². The fraction of sp³-hybridized carbons (Fsp3) is 0.174. The highest BCUT2D eigenvalue weighted by molar-refractivity contribution is 6.63. The van der Waals surface area contributed by atoms with Crippen molar-refractivity contribution in [2.75, 3.05) is 62.7 Å². The fourth-order valence-corrected chi connectivity index (χ4v) is 8.70. The van der Waals surface area contributed by atoms with Crippen LogP contribution in [0.1, 0.15) is 0 Å². The molecule has 0 unspecified atom stereocenters. The molecule has 10 nitrogen and oxygen atoms in total. The molecule has 4 saturated heterocycles. The highest BCUT2D eigenvalue weighted by Gasteiger charge is 2.32. The number of hydrogen-bond acceptors (Lipinski definition) is 10. The molecule has 0 aromatic heterocycles. The molecule has 11 rings (SSSR count). The van der Waals surface area contributed by atoms with Gasteiger partial charge in [0.15, 0.2) is 0 Å². The molecule has 0 aliphatic carbocycles. The second kappa shape index (κ2) is 16.6. The van der Waals surface area contributed by atoms with Gasteiger partial charge in [0.25, 0.3) is 0 Å². The Bertz CT molecular complexity index is 2240. The van der Waals surface area contributed by atoms with Gasteiger partial charge in [0.05, 0.1) is 64.2 Å². The molecule has 4 heterocycles. The topological polar surface area (TPSA) is 80.3 Å². The quantitative estimate of drug-likeness (QED) is 0.0950. The van der Waals surface area contributed by atoms with Crippen molar-refractivity contribution >= 4 is 106 Å². The van der Waals surface area contributed by atoms with Crippen LogP contribution in [0, 0.1) is 0 Å². The van der Waals surface area contributed by atoms with Gasteiger partial charge in [-0.05, 0) is 70.4 Å². The molecule has 0 amide bonds. The molecule has 0 radical (unpaired) electrons. The van der Waals surface area contributed by atoms with Crippen LogP contribution in [0.2, 0.25) is 0 Å². The van der Waals surface area contributed by atoms with Gasteiger partial charge >= 0.3 is 28.5 Å². The van der Waals surface area contributed by atoms with Crippen LogP contribution in [0.25, 0.3) is 21.5 Å². The van der Waals surface area contributed by atoms with Crippen molar-refractivity contribution in [2.24, 2.45) is 0 Å². The summed E-state index contributed by atoms with van der Waals surface area (Å²) in [6.45, 7) is 4.68. The van der Waals surface area contributed by atoms with Crippen LogP contribution in [0.3, 0.4) is 0 Å². The molecular weight excluding hydrogens is 752 g/mol. The average molecular weight is 792 g/mol. The Morgan fingerprint density at radius 3 is 0.667 bits per heavy atom. The van der Waals surface area contributed by atoms with Crippen molar-refractivity contribution in [3.05, 3.63) is 146 Å². The number of anilines is 6. The zero-order valence-electron chi connectivity index (χ0n) is 33.0. The summed E-state index contributed by atoms with van der Waals surface area (Å²) in [7, 11) is -1.48. The van der Waals surface area contributed by atoms with Gasteiger partial charge in [0.2, 0.25) is 0 Å². The minimum atomic E-state index is -0.371. The Kier molecular flexibility index (Phi) is 10.4. The fourth-order valence-electron chi connectivity index (χ4n) is 8.70. The molecule has 0 saturated carbocycles. The Hall–Kier alpha value is -5.40. The first kappa shape index (κ1) is 37.6. The zero-order valence-corrected chi connectivity index (χ0v) is 33.0. The lowest BCUT2D eigenvalue weighted by atomic mass is 9.79. The predicted octanol–water partition coefficient (Wildman–Crippen LogP) is 5.90. The van der Waals surface area contributed by atoms with E-state index < -0.39 is 0 Å². The first-order chi connectivity index (χ1) is 29.8. The maximum absolute atomic E-state index is 5.87. The number of nitrogens with zero attached hydrogens (tertiary/aromatic N) is 2. The number of benzene rings is 7. The normalized spacial score (nSPS) is 16.8. The van der Waals surface area contributed by atoms with Crippen molar-refractivity contribution in [3.8, 4) is 0 Å². The van der Waals surface area contributed by atoms with Crippen LogP contribution >= 0.6 is 0 Å². The molecular formula is C46H40B4N2O8. The second-order valence-electron chi connectivity index (χ2n) is 15.1. The standard InChI is InChI=1S/C46H40B4N2O8/c1-2-6-42-41(5-1)45(51(37-17-9-33(10-18-37)47-53-25-26-54-47)38-19-11-34(12-20-38)48-55-27-28-56-48)43-7-3-4-8-44(43)46(42)52(39-21-13-35(14-22-39)49-57-29-30-58-49)40-23-15-36(16-24-40)50-59-31-32-60-50/h1-24H,25-32H2. The van der Waals surface area contributed by atoms with Crippen molar-refractivity contribution in [1.29, 1.82) is 0 Å². The summed E-state index contributed by atoms with van der Waals surface area (Å²) in [5.41, 5.74) is 10.0. The van der Waals surface area contributed by atoms with Crippen molar-refractivity contribution < 1.29 is 37.2 Å². The molecule has 0 atom stereocenters. The Labute approximate surface area is 350 Å². The van der Waals surface area contributed by atoms with Gasteiger partial charge in [-0.3, -0.25) is 0 Å². The van der Waals surface area contributed by atoms with Gasteiger partial charge in [-0.15, -0.1) is 0 Å². The van der Waals surface area contributed by atoms with E-state index >= 15 is 0 Å². The van der Waals surface area contributed by atoms with E-state index in [-0.39, 0.29) is 28.5 Å². The molecule has 4 aliphatic rings. The average Bonchev–Trinajstić information content (AvgIpc) is 4.18. The van der Waals surface area contributed by atoms with Gasteiger partial charge in [-0.2, -0.15) is 0 Å². The van der Waals surface area contributed by atoms with Gasteiger partial charge in [0.1, 0.15) is 0 Å². The summed E-state index contributed by atoms with van der Waals surface area (Å²) in [6, 6.07) is 51.4. The lowest BCUT2D eigenvalue weighted by Crippen LogP contribution is -2.32. The van der Waals surface area contributed by atoms with Crippen LogP contribution in [0.4, 0.5) is 34.1 Å². The van der Waals surface area contributed by atoms with Gasteiger partial charge in [-0.25, -0.2) is 0 Å². The maximum atomic E-state index is 5.87. The maximum Gasteiger partial charge on any atom is 0.494 e. The highest BCUT2D eigenvalue weighted by Crippen LogP contribution is 2.50. The summed E-state index contributed by atoms with van der Waals surface area (Å²) in [5.74, 6) is 0. The van der Waals surface area contributed by atoms with Crippen LogP contribution in [-0.2, 0) is 37.2 Å². The lowest BCUT2D eigenvalue weighted by molar-refractivity contribution is 0.365. The van der Waals surface area contributed by atoms with Gasteiger partial charge in [0, 0.05) is 44.3 Å². The first-order valence-corrected chi connectivity index (χ1v) is 20.6. The van der Waals surface area contributed by atoms with E-state index in [0.29, 0.717) is 52.9 Å². The third-order valence-corrected chi connectivity index (χ3v) is 11.5. The molecule has 7 aromatic carbocycles. The molecule has 0 N–H and O–H groups in total. The summed E-state index contributed by atoms with van der Waals surface area (Å²) < 4.78 is 47.0. The first-order valence-electron chi connectivity index (χ1n) is 20.6. The van der Waals surface area contributed by atoms with Crippen LogP contribution in [0.15, 0.2) is 146 Å². The van der Waals surface area contributed by atoms with E-state index in [1.165, 1.54) is 0 Å². The Balaban J connectivity index is 1.11. The molecule has 0 bridgehead atoms. The Morgan fingerprint density at radius 2 is 0.467 bits per heavy atom. The van der Waals surface area contributed by atoms with E-state index in [9.17, 15) is 0 Å². The van der Waals surface area contributed by atoms with Crippen LogP contribution in [0.5, 0.6) is 0 Å². The summed E-state index contributed by atoms with van der Waals surface area (Å²) in [4.78, 5) is 4.71. The smallest absolute Gasteiger partial charge is 0.405 e. The third-order valence-electron chi connectivity index (χ3n) is 11.5. The van der Waals surface area contributed by atoms with E-state index in [1.54, 1.807) is 0 Å². The SMILES string of the molecule is c1ccc2c(N(c3ccc(B4OCCO4)cc3)c3ccc(B4OCCO4)cc3)c3ccccc3c(N(c3ccc(B4OCCO4)cc3)c3ccc(B4OCCO4)cc3)c2c1. The summed E-state index contributed by atoms with van der Waals surface area (Å²) >= 11 is 0. The number of fused-ring (bicyclic) bond motifs is 2. The molecule has 7 aromatic rings. The van der Waals surface area contributed by atoms with E-state index in [1.807, 2.05) is 0 Å². The molecule has 0 spiro atoms. The predicted molar refractivity (Wildman–Crippen MR) is 240 cm³/mol. The molecule has 4 aliphatic heterocycles. The van der Waals surface area contributed by atoms with E-state index in [2.05, 4.69) is 155 Å². The second-order valence-corrected chi connectivity index (χ2v) is 15.1. The van der Waals surface area contributed by atoms with Gasteiger partial charge < -0.3 is 47.0 Å². The highest BCUT2D eigenvalue weighted by atomic mass is 16.6. The Morgan fingerprint density at radius 1 is 0.267 bits per heavy atom. The van der Waals surface area contributed by atoms with Gasteiger partial charge in [-0.1, -0.05) is 97.1 Å². The van der Waals surface area contributed by atoms with Crippen molar-refractivity contribution in [3.63, 3.8) is 0 Å². The monoisotopic (exact) mass is 792 g/mol. The third kappa shape index (κ3) is 7.08. The largest absolute Gasteiger partial charge is 0.494 e.